The number of nitrogens with zero attached hydrogens (tertiary/aromatic N) is 4. The third-order valence-electron chi connectivity index (χ3n) is 1.99. The molecule has 1 aromatic heterocycles. The molecule has 1 N–H and O–H groups in total. The third-order valence-corrected chi connectivity index (χ3v) is 1.99. The molecule has 0 aliphatic rings. The van der Waals surface area contributed by atoms with Crippen LogP contribution in [-0.4, -0.2) is 23.8 Å². The van der Waals surface area contributed by atoms with Crippen LogP contribution in [0.3, 0.4) is 0 Å². The maximum Gasteiger partial charge on any atom is 0.215 e. The number of aromatic nitrogens is 1. The van der Waals surface area contributed by atoms with Gasteiger partial charge in [0.05, 0.1) is 19.8 Å². The van der Waals surface area contributed by atoms with E-state index in [4.69, 9.17) is 15.4 Å². The van der Waals surface area contributed by atoms with Crippen LogP contribution < -0.4 is 4.74 Å². The fourth-order valence-corrected chi connectivity index (χ4v) is 1.25. The van der Waals surface area contributed by atoms with Gasteiger partial charge in [0.25, 0.3) is 0 Å². The van der Waals surface area contributed by atoms with Gasteiger partial charge in [0.1, 0.15) is 0 Å². The molecule has 80 valence electrons. The van der Waals surface area contributed by atoms with Gasteiger partial charge in [0.15, 0.2) is 0 Å². The minimum atomic E-state index is -0.591. The highest BCUT2D eigenvalue weighted by molar-refractivity contribution is 5.30. The predicted octanol–water partition coefficient (Wildman–Crippen LogP) is 1.74. The maximum absolute atomic E-state index is 9.00. The van der Waals surface area contributed by atoms with E-state index in [9.17, 15) is 0 Å². The van der Waals surface area contributed by atoms with Crippen LogP contribution in [-0.2, 0) is 0 Å². The van der Waals surface area contributed by atoms with Gasteiger partial charge in [-0.1, -0.05) is 5.11 Å². The highest BCUT2D eigenvalue weighted by Crippen LogP contribution is 2.21. The Labute approximate surface area is 87.2 Å². The summed E-state index contributed by atoms with van der Waals surface area (Å²) in [6.07, 6.45) is 1.53. The average molecular weight is 208 g/mol. The predicted molar refractivity (Wildman–Crippen MR) is 54.5 cm³/mol. The Morgan fingerprint density at radius 3 is 2.93 bits per heavy atom. The fourth-order valence-electron chi connectivity index (χ4n) is 1.25. The van der Waals surface area contributed by atoms with E-state index >= 15 is 0 Å². The Bertz CT molecular complexity index is 388. The van der Waals surface area contributed by atoms with Gasteiger partial charge in [-0.2, -0.15) is 0 Å². The minimum absolute atomic E-state index is 0.239. The van der Waals surface area contributed by atoms with Crippen molar-refractivity contribution in [2.45, 2.75) is 13.0 Å². The van der Waals surface area contributed by atoms with Crippen molar-refractivity contribution in [3.05, 3.63) is 33.8 Å². The molecule has 6 heteroatoms. The first-order valence-electron chi connectivity index (χ1n) is 4.38. The highest BCUT2D eigenvalue weighted by atomic mass is 16.5. The van der Waals surface area contributed by atoms with Crippen molar-refractivity contribution >= 4 is 0 Å². The zero-order valence-corrected chi connectivity index (χ0v) is 8.58. The molecule has 0 radical (unpaired) electrons. The normalized spacial score (nSPS) is 11.7. The number of hydrogen-bond acceptors (Lipinski definition) is 4. The Morgan fingerprint density at radius 2 is 2.47 bits per heavy atom. The zero-order chi connectivity index (χ0) is 11.3. The lowest BCUT2D eigenvalue weighted by atomic mass is 10.1. The van der Waals surface area contributed by atoms with Crippen LogP contribution in [0.25, 0.3) is 10.4 Å². The van der Waals surface area contributed by atoms with Crippen LogP contribution in [0.1, 0.15) is 17.2 Å². The zero-order valence-electron chi connectivity index (χ0n) is 8.58. The number of pyridine rings is 1. The molecule has 6 nitrogen and oxygen atoms in total. The summed E-state index contributed by atoms with van der Waals surface area (Å²) < 4.78 is 5.00. The van der Waals surface area contributed by atoms with Crippen LogP contribution in [0.2, 0.25) is 0 Å². The number of aliphatic hydroxyl groups is 1. The third kappa shape index (κ3) is 2.59. The number of aliphatic hydroxyl groups excluding tert-OH is 1. The smallest absolute Gasteiger partial charge is 0.215 e. The van der Waals surface area contributed by atoms with Crippen molar-refractivity contribution in [2.24, 2.45) is 5.11 Å². The summed E-state index contributed by atoms with van der Waals surface area (Å²) in [5.74, 6) is 0.524. The fraction of sp³-hybridized carbons (Fsp3) is 0.444. The van der Waals surface area contributed by atoms with E-state index in [1.54, 1.807) is 6.07 Å². The van der Waals surface area contributed by atoms with E-state index in [1.165, 1.54) is 13.3 Å². The van der Waals surface area contributed by atoms with Gasteiger partial charge >= 0.3 is 0 Å². The van der Waals surface area contributed by atoms with Gasteiger partial charge < -0.3 is 9.84 Å². The monoisotopic (exact) mass is 208 g/mol. The average Bonchev–Trinajstić information content (AvgIpc) is 2.25. The lowest BCUT2D eigenvalue weighted by Crippen LogP contribution is -2.02. The molecule has 1 rings (SSSR count). The number of ether oxygens (including phenoxy) is 1. The standard InChI is InChI=1S/C9H12N4O2/c1-6-3-7(4-11-9(6)15-2)8(5-14)12-13-10/h3-4,8,14H,5H2,1-2H3. The summed E-state index contributed by atoms with van der Waals surface area (Å²) in [6.45, 7) is 1.59. The molecule has 1 atom stereocenters. The topological polar surface area (TPSA) is 91.1 Å². The molecule has 0 fully saturated rings. The van der Waals surface area contributed by atoms with Crippen LogP contribution >= 0.6 is 0 Å². The molecular formula is C9H12N4O2. The Kier molecular flexibility index (Phi) is 3.91. The first-order chi connectivity index (χ1) is 7.22. The highest BCUT2D eigenvalue weighted by Gasteiger charge is 2.10. The van der Waals surface area contributed by atoms with Gasteiger partial charge in [0, 0.05) is 16.7 Å². The van der Waals surface area contributed by atoms with Crippen LogP contribution in [0.5, 0.6) is 5.88 Å². The molecule has 0 saturated heterocycles. The second kappa shape index (κ2) is 5.19. The van der Waals surface area contributed by atoms with Crippen molar-refractivity contribution in [2.75, 3.05) is 13.7 Å². The molecule has 0 aromatic carbocycles. The number of methoxy groups -OCH3 is 1. The Balaban J connectivity index is 3.04. The van der Waals surface area contributed by atoms with E-state index in [2.05, 4.69) is 15.0 Å². The summed E-state index contributed by atoms with van der Waals surface area (Å²) >= 11 is 0. The van der Waals surface area contributed by atoms with Crippen LogP contribution in [0, 0.1) is 6.92 Å². The summed E-state index contributed by atoms with van der Waals surface area (Å²) in [5, 5.41) is 12.5. The van der Waals surface area contributed by atoms with E-state index in [-0.39, 0.29) is 6.61 Å². The van der Waals surface area contributed by atoms with Crippen molar-refractivity contribution in [1.82, 2.24) is 4.98 Å². The molecule has 0 aliphatic carbocycles. The van der Waals surface area contributed by atoms with Gasteiger partial charge in [-0.15, -0.1) is 0 Å². The van der Waals surface area contributed by atoms with E-state index < -0.39 is 6.04 Å². The van der Waals surface area contributed by atoms with Crippen molar-refractivity contribution in [3.63, 3.8) is 0 Å². The molecule has 0 saturated carbocycles. The van der Waals surface area contributed by atoms with E-state index in [0.29, 0.717) is 11.4 Å². The summed E-state index contributed by atoms with van der Waals surface area (Å²) in [4.78, 5) is 6.69. The minimum Gasteiger partial charge on any atom is -0.481 e. The van der Waals surface area contributed by atoms with Gasteiger partial charge in [0.2, 0.25) is 5.88 Å². The first-order valence-corrected chi connectivity index (χ1v) is 4.38. The SMILES string of the molecule is COc1ncc(C(CO)N=[N+]=[N-])cc1C. The number of rotatable bonds is 4. The molecule has 1 aromatic rings. The first kappa shape index (κ1) is 11.3. The molecular weight excluding hydrogens is 196 g/mol. The summed E-state index contributed by atoms with van der Waals surface area (Å²) in [6, 6.07) is 1.19. The maximum atomic E-state index is 9.00. The second-order valence-corrected chi connectivity index (χ2v) is 3.00. The summed E-state index contributed by atoms with van der Waals surface area (Å²) in [7, 11) is 1.53. The molecule has 0 amide bonds. The Hall–Kier alpha value is -1.78. The van der Waals surface area contributed by atoms with Crippen LogP contribution in [0.15, 0.2) is 17.4 Å². The molecule has 0 aliphatic heterocycles. The van der Waals surface area contributed by atoms with Gasteiger partial charge in [-0.05, 0) is 24.1 Å². The molecule has 1 heterocycles. The molecule has 1 unspecified atom stereocenters. The number of aryl methyl sites for hydroxylation is 1. The number of hydrogen-bond donors (Lipinski definition) is 1. The largest absolute Gasteiger partial charge is 0.481 e. The van der Waals surface area contributed by atoms with Crippen molar-refractivity contribution in [1.29, 1.82) is 0 Å². The van der Waals surface area contributed by atoms with Gasteiger partial charge in [-0.25, -0.2) is 4.98 Å². The van der Waals surface area contributed by atoms with E-state index in [0.717, 1.165) is 5.56 Å². The lowest BCUT2D eigenvalue weighted by Gasteiger charge is -2.10. The van der Waals surface area contributed by atoms with E-state index in [1.807, 2.05) is 6.92 Å². The number of azide groups is 1. The van der Waals surface area contributed by atoms with Crippen LogP contribution in [0.4, 0.5) is 0 Å². The van der Waals surface area contributed by atoms with Crippen molar-refractivity contribution in [3.8, 4) is 5.88 Å². The molecule has 15 heavy (non-hydrogen) atoms. The molecule has 0 bridgehead atoms. The van der Waals surface area contributed by atoms with Crippen molar-refractivity contribution < 1.29 is 9.84 Å². The second-order valence-electron chi connectivity index (χ2n) is 3.00. The Morgan fingerprint density at radius 1 is 1.73 bits per heavy atom. The quantitative estimate of drug-likeness (QED) is 0.464. The van der Waals surface area contributed by atoms with Gasteiger partial charge in [-0.3, -0.25) is 0 Å². The molecule has 0 spiro atoms. The summed E-state index contributed by atoms with van der Waals surface area (Å²) in [5.41, 5.74) is 9.81. The lowest BCUT2D eigenvalue weighted by molar-refractivity contribution is 0.267.